The van der Waals surface area contributed by atoms with Crippen LogP contribution < -0.4 is 0 Å². The highest BCUT2D eigenvalue weighted by molar-refractivity contribution is 5.87. The van der Waals surface area contributed by atoms with E-state index in [2.05, 4.69) is 63.7 Å². The summed E-state index contributed by atoms with van der Waals surface area (Å²) in [5.41, 5.74) is 7.41. The molecule has 4 nitrogen and oxygen atoms in total. The fourth-order valence-electron chi connectivity index (χ4n) is 4.40. The third kappa shape index (κ3) is 7.30. The van der Waals surface area contributed by atoms with Crippen molar-refractivity contribution in [3.63, 3.8) is 0 Å². The van der Waals surface area contributed by atoms with Gasteiger partial charge in [0.05, 0.1) is 11.4 Å². The van der Waals surface area contributed by atoms with Crippen LogP contribution in [0.2, 0.25) is 0 Å². The zero-order chi connectivity index (χ0) is 26.2. The average Bonchev–Trinajstić information content (AvgIpc) is 2.84. The molecule has 2 N–H and O–H groups in total. The average molecular weight is 485 g/mol. The summed E-state index contributed by atoms with van der Waals surface area (Å²) in [7, 11) is 0. The number of aliphatic imine (C=N–C) groups is 2. The van der Waals surface area contributed by atoms with Crippen molar-refractivity contribution in [1.82, 2.24) is 0 Å². The number of aryl methyl sites for hydroxylation is 2. The van der Waals surface area contributed by atoms with Gasteiger partial charge in [-0.15, -0.1) is 0 Å². The lowest BCUT2D eigenvalue weighted by Crippen LogP contribution is -1.98. The van der Waals surface area contributed by atoms with E-state index in [4.69, 9.17) is 0 Å². The van der Waals surface area contributed by atoms with Crippen LogP contribution in [0.15, 0.2) is 58.5 Å². The van der Waals surface area contributed by atoms with Gasteiger partial charge >= 0.3 is 0 Å². The van der Waals surface area contributed by atoms with Crippen molar-refractivity contribution in [2.45, 2.75) is 67.2 Å². The molecule has 0 unspecified atom stereocenters. The molecule has 0 radical (unpaired) electrons. The molecule has 0 spiro atoms. The standard InChI is InChI=1S/C32H40N2O2/c1-7-25-15-23(13-21(3)4)17-27(31(25)35)19-33-29-9-11-30(12-10-29)34-20-28-18-24(14-22(5)6)16-26(8-2)32(28)36/h9-12,15-22,35-36H,7-8,13-14H2,1-6H3. The summed E-state index contributed by atoms with van der Waals surface area (Å²) in [4.78, 5) is 9.18. The second-order valence-corrected chi connectivity index (χ2v) is 10.3. The molecule has 190 valence electrons. The van der Waals surface area contributed by atoms with Crippen LogP contribution >= 0.6 is 0 Å². The summed E-state index contributed by atoms with van der Waals surface area (Å²) in [6, 6.07) is 15.9. The van der Waals surface area contributed by atoms with E-state index in [-0.39, 0.29) is 0 Å². The van der Waals surface area contributed by atoms with Gasteiger partial charge in [0.25, 0.3) is 0 Å². The second kappa shape index (κ2) is 12.5. The predicted octanol–water partition coefficient (Wildman–Crippen LogP) is 8.12. The van der Waals surface area contributed by atoms with Crippen molar-refractivity contribution >= 4 is 23.8 Å². The molecular formula is C32H40N2O2. The first-order valence-corrected chi connectivity index (χ1v) is 13.1. The van der Waals surface area contributed by atoms with Crippen LogP contribution in [0.1, 0.15) is 74.9 Å². The van der Waals surface area contributed by atoms with Crippen molar-refractivity contribution in [3.05, 3.63) is 81.9 Å². The molecule has 3 rings (SSSR count). The Labute approximate surface area is 216 Å². The van der Waals surface area contributed by atoms with Gasteiger partial charge in [-0.25, -0.2) is 0 Å². The van der Waals surface area contributed by atoms with Crippen molar-refractivity contribution < 1.29 is 10.2 Å². The molecule has 0 heterocycles. The maximum Gasteiger partial charge on any atom is 0.127 e. The summed E-state index contributed by atoms with van der Waals surface area (Å²) in [6.45, 7) is 12.9. The van der Waals surface area contributed by atoms with Crippen LogP contribution in [0.5, 0.6) is 11.5 Å². The molecule has 0 bridgehead atoms. The van der Waals surface area contributed by atoms with Gasteiger partial charge in [-0.05, 0) is 96.2 Å². The summed E-state index contributed by atoms with van der Waals surface area (Å²) >= 11 is 0. The number of benzene rings is 3. The fourth-order valence-corrected chi connectivity index (χ4v) is 4.40. The van der Waals surface area contributed by atoms with Crippen LogP contribution in [0.25, 0.3) is 0 Å². The maximum atomic E-state index is 10.6. The lowest BCUT2D eigenvalue weighted by molar-refractivity contribution is 0.467. The quantitative estimate of drug-likeness (QED) is 0.285. The summed E-state index contributed by atoms with van der Waals surface area (Å²) in [6.07, 6.45) is 6.97. The van der Waals surface area contributed by atoms with E-state index in [1.54, 1.807) is 12.4 Å². The number of rotatable bonds is 10. The van der Waals surface area contributed by atoms with E-state index in [0.717, 1.165) is 59.3 Å². The zero-order valence-electron chi connectivity index (χ0n) is 22.5. The highest BCUT2D eigenvalue weighted by atomic mass is 16.3. The van der Waals surface area contributed by atoms with E-state index < -0.39 is 0 Å². The predicted molar refractivity (Wildman–Crippen MR) is 153 cm³/mol. The first-order chi connectivity index (χ1) is 17.2. The molecule has 0 fully saturated rings. The minimum atomic E-state index is 0.306. The Morgan fingerprint density at radius 2 is 1.00 bits per heavy atom. The van der Waals surface area contributed by atoms with E-state index in [9.17, 15) is 10.2 Å². The SMILES string of the molecule is CCc1cc(CC(C)C)cc(C=Nc2ccc(N=Cc3cc(CC(C)C)cc(CC)c3O)cc2)c1O. The molecule has 0 atom stereocenters. The van der Waals surface area contributed by atoms with Crippen molar-refractivity contribution in [3.8, 4) is 11.5 Å². The van der Waals surface area contributed by atoms with E-state index in [1.165, 1.54) is 11.1 Å². The second-order valence-electron chi connectivity index (χ2n) is 10.3. The van der Waals surface area contributed by atoms with Gasteiger partial charge in [0.2, 0.25) is 0 Å². The van der Waals surface area contributed by atoms with Gasteiger partial charge in [-0.1, -0.05) is 53.7 Å². The van der Waals surface area contributed by atoms with Crippen molar-refractivity contribution in [2.75, 3.05) is 0 Å². The molecule has 3 aromatic carbocycles. The molecule has 3 aromatic rings. The molecule has 0 saturated carbocycles. The number of hydrogen-bond donors (Lipinski definition) is 2. The van der Waals surface area contributed by atoms with E-state index >= 15 is 0 Å². The highest BCUT2D eigenvalue weighted by Crippen LogP contribution is 2.28. The number of hydrogen-bond acceptors (Lipinski definition) is 4. The van der Waals surface area contributed by atoms with Crippen LogP contribution in [0.3, 0.4) is 0 Å². The highest BCUT2D eigenvalue weighted by Gasteiger charge is 2.10. The molecule has 0 amide bonds. The Kier molecular flexibility index (Phi) is 9.46. The van der Waals surface area contributed by atoms with Gasteiger partial charge in [0.15, 0.2) is 0 Å². The Morgan fingerprint density at radius 3 is 1.31 bits per heavy atom. The van der Waals surface area contributed by atoms with E-state index in [1.807, 2.05) is 36.4 Å². The third-order valence-corrected chi connectivity index (χ3v) is 6.16. The largest absolute Gasteiger partial charge is 0.507 e. The molecule has 0 aliphatic heterocycles. The first-order valence-electron chi connectivity index (χ1n) is 13.1. The number of phenols is 2. The van der Waals surface area contributed by atoms with Gasteiger partial charge in [0.1, 0.15) is 11.5 Å². The molecule has 0 aromatic heterocycles. The summed E-state index contributed by atoms with van der Waals surface area (Å²) in [5, 5.41) is 21.3. The zero-order valence-corrected chi connectivity index (χ0v) is 22.5. The molecular weight excluding hydrogens is 444 g/mol. The number of nitrogens with zero attached hydrogens (tertiary/aromatic N) is 2. The summed E-state index contributed by atoms with van der Waals surface area (Å²) < 4.78 is 0. The van der Waals surface area contributed by atoms with Gasteiger partial charge in [-0.3, -0.25) is 9.98 Å². The lowest BCUT2D eigenvalue weighted by atomic mass is 9.96. The minimum Gasteiger partial charge on any atom is -0.507 e. The Hall–Kier alpha value is -3.40. The van der Waals surface area contributed by atoms with Crippen LogP contribution in [-0.2, 0) is 25.7 Å². The van der Waals surface area contributed by atoms with Gasteiger partial charge < -0.3 is 10.2 Å². The van der Waals surface area contributed by atoms with E-state index in [0.29, 0.717) is 23.3 Å². The van der Waals surface area contributed by atoms with Crippen molar-refractivity contribution in [2.24, 2.45) is 21.8 Å². The van der Waals surface area contributed by atoms with Crippen LogP contribution in [-0.4, -0.2) is 22.6 Å². The smallest absolute Gasteiger partial charge is 0.127 e. The molecule has 0 aliphatic rings. The first kappa shape index (κ1) is 27.2. The van der Waals surface area contributed by atoms with Crippen LogP contribution in [0.4, 0.5) is 11.4 Å². The third-order valence-electron chi connectivity index (χ3n) is 6.16. The molecule has 4 heteroatoms. The lowest BCUT2D eigenvalue weighted by Gasteiger charge is -2.11. The van der Waals surface area contributed by atoms with Gasteiger partial charge in [0, 0.05) is 23.6 Å². The minimum absolute atomic E-state index is 0.306. The van der Waals surface area contributed by atoms with Crippen LogP contribution in [0, 0.1) is 11.8 Å². The monoisotopic (exact) mass is 484 g/mol. The number of aromatic hydroxyl groups is 2. The molecule has 36 heavy (non-hydrogen) atoms. The Balaban J connectivity index is 1.80. The molecule has 0 saturated heterocycles. The summed E-state index contributed by atoms with van der Waals surface area (Å²) in [5.74, 6) is 1.71. The topological polar surface area (TPSA) is 65.2 Å². The van der Waals surface area contributed by atoms with Gasteiger partial charge in [-0.2, -0.15) is 0 Å². The van der Waals surface area contributed by atoms with Crippen molar-refractivity contribution in [1.29, 1.82) is 0 Å². The number of phenolic OH excluding ortho intramolecular Hbond substituents is 2. The maximum absolute atomic E-state index is 10.6. The Bertz CT molecular complexity index is 1130. The fraction of sp³-hybridized carbons (Fsp3) is 0.375. The Morgan fingerprint density at radius 1 is 0.639 bits per heavy atom. The normalized spacial score (nSPS) is 12.0. The molecule has 0 aliphatic carbocycles.